The molecule has 0 atom stereocenters. The molecule has 0 bridgehead atoms. The van der Waals surface area contributed by atoms with Crippen molar-refractivity contribution in [2.24, 2.45) is 0 Å². The summed E-state index contributed by atoms with van der Waals surface area (Å²) in [6.45, 7) is 4.33. The van der Waals surface area contributed by atoms with Gasteiger partial charge in [-0.3, -0.25) is 14.5 Å². The van der Waals surface area contributed by atoms with E-state index in [2.05, 4.69) is 63.0 Å². The van der Waals surface area contributed by atoms with Crippen molar-refractivity contribution in [1.82, 2.24) is 9.47 Å². The number of hydrogen-bond donors (Lipinski definition) is 0. The van der Waals surface area contributed by atoms with Gasteiger partial charge in [0.25, 0.3) is 11.1 Å². The van der Waals surface area contributed by atoms with Gasteiger partial charge >= 0.3 is 0 Å². The Bertz CT molecular complexity index is 1460. The van der Waals surface area contributed by atoms with Gasteiger partial charge in [-0.05, 0) is 78.2 Å². The number of benzene rings is 3. The number of carbonyl (C=O) groups excluding carboxylic acids is 2. The van der Waals surface area contributed by atoms with Crippen LogP contribution in [0.2, 0.25) is 0 Å². The minimum Gasteiger partial charge on any atom is -0.318 e. The van der Waals surface area contributed by atoms with Crippen LogP contribution in [0.1, 0.15) is 22.5 Å². The highest BCUT2D eigenvalue weighted by Crippen LogP contribution is 2.35. The first-order chi connectivity index (χ1) is 16.9. The van der Waals surface area contributed by atoms with Gasteiger partial charge in [0.05, 0.1) is 11.4 Å². The number of rotatable bonds is 5. The first-order valence-corrected chi connectivity index (χ1v) is 12.9. The molecule has 1 saturated heterocycles. The van der Waals surface area contributed by atoms with Crippen LogP contribution in [-0.2, 0) is 11.3 Å². The van der Waals surface area contributed by atoms with Crippen LogP contribution >= 0.6 is 27.7 Å². The molecule has 1 fully saturated rings. The Morgan fingerprint density at radius 3 is 2.23 bits per heavy atom. The van der Waals surface area contributed by atoms with Gasteiger partial charge in [0.15, 0.2) is 0 Å². The third-order valence-corrected chi connectivity index (χ3v) is 7.83. The highest BCUT2D eigenvalue weighted by molar-refractivity contribution is 9.10. The van der Waals surface area contributed by atoms with E-state index in [4.69, 9.17) is 0 Å². The van der Waals surface area contributed by atoms with Crippen LogP contribution in [0.4, 0.5) is 4.79 Å². The largest absolute Gasteiger partial charge is 0.318 e. The van der Waals surface area contributed by atoms with Crippen LogP contribution < -0.4 is 0 Å². The Morgan fingerprint density at radius 1 is 0.857 bits per heavy atom. The van der Waals surface area contributed by atoms with E-state index in [0.29, 0.717) is 4.91 Å². The minimum absolute atomic E-state index is 0.246. The van der Waals surface area contributed by atoms with Gasteiger partial charge in [-0.1, -0.05) is 76.6 Å². The van der Waals surface area contributed by atoms with E-state index in [-0.39, 0.29) is 17.7 Å². The molecular weight excluding hydrogens is 520 g/mol. The smallest absolute Gasteiger partial charge is 0.293 e. The zero-order valence-corrected chi connectivity index (χ0v) is 21.8. The fourth-order valence-corrected chi connectivity index (χ4v) is 5.58. The van der Waals surface area contributed by atoms with Crippen LogP contribution in [0.5, 0.6) is 0 Å². The van der Waals surface area contributed by atoms with Crippen LogP contribution in [0, 0.1) is 13.8 Å². The Kier molecular flexibility index (Phi) is 6.50. The van der Waals surface area contributed by atoms with E-state index in [9.17, 15) is 9.59 Å². The van der Waals surface area contributed by atoms with E-state index in [0.717, 1.165) is 50.0 Å². The molecule has 0 saturated carbocycles. The quantitative estimate of drug-likeness (QED) is 0.242. The first kappa shape index (κ1) is 23.4. The molecule has 4 nitrogen and oxygen atoms in total. The highest BCUT2D eigenvalue weighted by atomic mass is 79.9. The molecule has 0 spiro atoms. The Labute approximate surface area is 217 Å². The Morgan fingerprint density at radius 2 is 1.51 bits per heavy atom. The molecule has 3 aromatic carbocycles. The molecule has 35 heavy (non-hydrogen) atoms. The second kappa shape index (κ2) is 9.72. The summed E-state index contributed by atoms with van der Waals surface area (Å²) in [6.07, 6.45) is 1.84. The van der Waals surface area contributed by atoms with Crippen molar-refractivity contribution in [3.8, 4) is 16.8 Å². The minimum atomic E-state index is -0.257. The van der Waals surface area contributed by atoms with Crippen molar-refractivity contribution in [1.29, 1.82) is 0 Å². The summed E-state index contributed by atoms with van der Waals surface area (Å²) in [7, 11) is 0. The number of halogens is 1. The van der Waals surface area contributed by atoms with Crippen molar-refractivity contribution in [2.45, 2.75) is 20.4 Å². The van der Waals surface area contributed by atoms with Gasteiger partial charge in [0, 0.05) is 21.5 Å². The maximum absolute atomic E-state index is 13.1. The van der Waals surface area contributed by atoms with Crippen molar-refractivity contribution in [3.63, 3.8) is 0 Å². The predicted octanol–water partition coefficient (Wildman–Crippen LogP) is 7.76. The molecule has 2 heterocycles. The fraction of sp³-hybridized carbons (Fsp3) is 0.103. The summed E-state index contributed by atoms with van der Waals surface area (Å²) in [6, 6.07) is 28.4. The third kappa shape index (κ3) is 4.64. The number of aryl methyl sites for hydroxylation is 1. The average Bonchev–Trinajstić information content (AvgIpc) is 3.30. The molecule has 5 rings (SSSR count). The van der Waals surface area contributed by atoms with E-state index >= 15 is 0 Å². The van der Waals surface area contributed by atoms with Gasteiger partial charge in [0.1, 0.15) is 0 Å². The van der Waals surface area contributed by atoms with Crippen LogP contribution in [-0.4, -0.2) is 20.6 Å². The predicted molar refractivity (Wildman–Crippen MR) is 146 cm³/mol. The van der Waals surface area contributed by atoms with Gasteiger partial charge < -0.3 is 4.57 Å². The van der Waals surface area contributed by atoms with Crippen molar-refractivity contribution in [3.05, 3.63) is 117 Å². The molecule has 2 amide bonds. The van der Waals surface area contributed by atoms with Gasteiger partial charge in [-0.15, -0.1) is 0 Å². The fourth-order valence-electron chi connectivity index (χ4n) is 4.34. The molecule has 4 aromatic rings. The number of nitrogens with zero attached hydrogens (tertiary/aromatic N) is 2. The summed E-state index contributed by atoms with van der Waals surface area (Å²) in [5, 5.41) is -0.248. The molecule has 1 aromatic heterocycles. The summed E-state index contributed by atoms with van der Waals surface area (Å²) in [5.74, 6) is -0.257. The molecule has 0 unspecified atom stereocenters. The molecular formula is C29H23BrN2O2S. The molecule has 0 N–H and O–H groups in total. The van der Waals surface area contributed by atoms with E-state index in [1.54, 1.807) is 0 Å². The summed E-state index contributed by atoms with van der Waals surface area (Å²) >= 11 is 4.49. The highest BCUT2D eigenvalue weighted by Gasteiger charge is 2.35. The number of aromatic nitrogens is 1. The summed E-state index contributed by atoms with van der Waals surface area (Å²) < 4.78 is 3.05. The Balaban J connectivity index is 1.41. The lowest BCUT2D eigenvalue weighted by Gasteiger charge is -2.13. The summed E-state index contributed by atoms with van der Waals surface area (Å²) in [5.41, 5.74) is 7.31. The first-order valence-electron chi connectivity index (χ1n) is 11.3. The van der Waals surface area contributed by atoms with E-state index < -0.39 is 0 Å². The number of carbonyl (C=O) groups is 2. The van der Waals surface area contributed by atoms with Crippen molar-refractivity contribution in [2.75, 3.05) is 0 Å². The molecule has 0 aliphatic carbocycles. The normalized spacial score (nSPS) is 14.8. The zero-order chi connectivity index (χ0) is 24.5. The van der Waals surface area contributed by atoms with Gasteiger partial charge in [-0.2, -0.15) is 0 Å². The molecule has 1 aliphatic heterocycles. The molecule has 0 radical (unpaired) electrons. The second-order valence-corrected chi connectivity index (χ2v) is 10.3. The standard InChI is InChI=1S/C29H23BrN2O2S/c1-19-16-24(17-27-28(33)31(29(34)35-27)18-23-10-6-7-11-26(23)30)20(2)32(19)25-14-12-22(13-15-25)21-8-4-3-5-9-21/h3-17H,18H2,1-2H3/b27-17-. The monoisotopic (exact) mass is 542 g/mol. The zero-order valence-electron chi connectivity index (χ0n) is 19.4. The third-order valence-electron chi connectivity index (χ3n) is 6.15. The maximum atomic E-state index is 13.1. The van der Waals surface area contributed by atoms with E-state index in [1.807, 2.05) is 62.4 Å². The lowest BCUT2D eigenvalue weighted by molar-refractivity contribution is -0.123. The maximum Gasteiger partial charge on any atom is 0.293 e. The number of amides is 2. The van der Waals surface area contributed by atoms with Crippen molar-refractivity contribution >= 4 is 44.9 Å². The molecule has 6 heteroatoms. The number of hydrogen-bond acceptors (Lipinski definition) is 3. The SMILES string of the molecule is Cc1cc(/C=C2\SC(=O)N(Cc3ccccc3Br)C2=O)c(C)n1-c1ccc(-c2ccccc2)cc1. The lowest BCUT2D eigenvalue weighted by Crippen LogP contribution is -2.27. The second-order valence-electron chi connectivity index (χ2n) is 8.43. The van der Waals surface area contributed by atoms with Crippen LogP contribution in [0.15, 0.2) is 94.3 Å². The Hall–Kier alpha value is -3.35. The van der Waals surface area contributed by atoms with Crippen LogP contribution in [0.3, 0.4) is 0 Å². The van der Waals surface area contributed by atoms with Gasteiger partial charge in [-0.25, -0.2) is 0 Å². The number of imide groups is 1. The van der Waals surface area contributed by atoms with E-state index in [1.165, 1.54) is 10.5 Å². The molecule has 174 valence electrons. The topological polar surface area (TPSA) is 42.3 Å². The average molecular weight is 543 g/mol. The lowest BCUT2D eigenvalue weighted by atomic mass is 10.1. The van der Waals surface area contributed by atoms with Crippen molar-refractivity contribution < 1.29 is 9.59 Å². The van der Waals surface area contributed by atoms with Gasteiger partial charge in [0.2, 0.25) is 0 Å². The summed E-state index contributed by atoms with van der Waals surface area (Å²) in [4.78, 5) is 27.5. The molecule has 1 aliphatic rings. The number of thioether (sulfide) groups is 1. The van der Waals surface area contributed by atoms with Crippen LogP contribution in [0.25, 0.3) is 22.9 Å².